The third kappa shape index (κ3) is 4.93. The summed E-state index contributed by atoms with van der Waals surface area (Å²) in [6.45, 7) is 6.98. The molecule has 1 fully saturated rings. The van der Waals surface area contributed by atoms with Crippen LogP contribution in [0.2, 0.25) is 0 Å². The van der Waals surface area contributed by atoms with Crippen molar-refractivity contribution in [2.75, 3.05) is 26.3 Å². The minimum atomic E-state index is -0.0169. The Morgan fingerprint density at radius 2 is 1.76 bits per heavy atom. The summed E-state index contributed by atoms with van der Waals surface area (Å²) in [5, 5.41) is 5.11. The Labute approximate surface area is 176 Å². The normalized spacial score (nSPS) is 14.7. The van der Waals surface area contributed by atoms with E-state index in [2.05, 4.69) is 59.6 Å². The van der Waals surface area contributed by atoms with Gasteiger partial charge in [0.1, 0.15) is 0 Å². The SMILES string of the molecule is Cc1ccc(-c2ccsc2C(=O)NCc2ccccc2CN2CCOCC2)cc1. The third-order valence-corrected chi connectivity index (χ3v) is 6.20. The number of rotatable bonds is 6. The van der Waals surface area contributed by atoms with Gasteiger partial charge >= 0.3 is 0 Å². The van der Waals surface area contributed by atoms with Crippen LogP contribution in [-0.4, -0.2) is 37.1 Å². The molecule has 150 valence electrons. The van der Waals surface area contributed by atoms with E-state index in [1.165, 1.54) is 28.0 Å². The van der Waals surface area contributed by atoms with Crippen LogP contribution in [0.3, 0.4) is 0 Å². The monoisotopic (exact) mass is 406 g/mol. The lowest BCUT2D eigenvalue weighted by Crippen LogP contribution is -2.36. The van der Waals surface area contributed by atoms with Gasteiger partial charge in [0.25, 0.3) is 5.91 Å². The highest BCUT2D eigenvalue weighted by molar-refractivity contribution is 7.12. The summed E-state index contributed by atoms with van der Waals surface area (Å²) in [5.41, 5.74) is 5.72. The Kier molecular flexibility index (Phi) is 6.39. The van der Waals surface area contributed by atoms with Crippen LogP contribution >= 0.6 is 11.3 Å². The maximum absolute atomic E-state index is 12.9. The summed E-state index contributed by atoms with van der Waals surface area (Å²) in [6.07, 6.45) is 0. The number of benzene rings is 2. The summed E-state index contributed by atoms with van der Waals surface area (Å²) in [5.74, 6) is -0.0169. The maximum atomic E-state index is 12.9. The Balaban J connectivity index is 1.44. The number of hydrogen-bond donors (Lipinski definition) is 1. The molecule has 5 heteroatoms. The molecule has 0 aliphatic carbocycles. The largest absolute Gasteiger partial charge is 0.379 e. The number of aryl methyl sites for hydroxylation is 1. The number of nitrogens with zero attached hydrogens (tertiary/aromatic N) is 1. The van der Waals surface area contributed by atoms with Crippen LogP contribution in [0, 0.1) is 6.92 Å². The molecule has 4 rings (SSSR count). The molecule has 3 aromatic rings. The van der Waals surface area contributed by atoms with E-state index in [0.29, 0.717) is 6.54 Å². The number of nitrogens with one attached hydrogen (secondary N) is 1. The summed E-state index contributed by atoms with van der Waals surface area (Å²) in [7, 11) is 0. The van der Waals surface area contributed by atoms with Crippen LogP contribution in [0.15, 0.2) is 60.0 Å². The lowest BCUT2D eigenvalue weighted by Gasteiger charge is -2.27. The van der Waals surface area contributed by atoms with E-state index >= 15 is 0 Å². The first-order valence-electron chi connectivity index (χ1n) is 10.0. The van der Waals surface area contributed by atoms with Gasteiger partial charge in [-0.25, -0.2) is 0 Å². The van der Waals surface area contributed by atoms with Crippen LogP contribution in [-0.2, 0) is 17.8 Å². The zero-order valence-electron chi connectivity index (χ0n) is 16.7. The van der Waals surface area contributed by atoms with Crippen molar-refractivity contribution in [3.8, 4) is 11.1 Å². The lowest BCUT2D eigenvalue weighted by atomic mass is 10.0. The van der Waals surface area contributed by atoms with Crippen molar-refractivity contribution < 1.29 is 9.53 Å². The Morgan fingerprint density at radius 1 is 1.03 bits per heavy atom. The molecule has 0 saturated carbocycles. The average molecular weight is 407 g/mol. The van der Waals surface area contributed by atoms with E-state index in [1.807, 2.05) is 17.5 Å². The fourth-order valence-electron chi connectivity index (χ4n) is 3.59. The van der Waals surface area contributed by atoms with Crippen molar-refractivity contribution in [1.29, 1.82) is 0 Å². The van der Waals surface area contributed by atoms with Gasteiger partial charge in [0.2, 0.25) is 0 Å². The molecule has 0 spiro atoms. The second-order valence-corrected chi connectivity index (χ2v) is 8.29. The van der Waals surface area contributed by atoms with Gasteiger partial charge in [-0.1, -0.05) is 54.1 Å². The summed E-state index contributed by atoms with van der Waals surface area (Å²) < 4.78 is 5.44. The van der Waals surface area contributed by atoms with Crippen LogP contribution in [0.5, 0.6) is 0 Å². The molecule has 0 unspecified atom stereocenters. The summed E-state index contributed by atoms with van der Waals surface area (Å²) in [6, 6.07) is 18.7. The Morgan fingerprint density at radius 3 is 2.52 bits per heavy atom. The highest BCUT2D eigenvalue weighted by Gasteiger charge is 2.16. The van der Waals surface area contributed by atoms with Crippen molar-refractivity contribution in [3.63, 3.8) is 0 Å². The predicted octanol–water partition coefficient (Wildman–Crippen LogP) is 4.49. The third-order valence-electron chi connectivity index (χ3n) is 5.29. The molecular formula is C24H26N2O2S. The number of amides is 1. The Hall–Kier alpha value is -2.47. The molecule has 1 aromatic heterocycles. The first kappa shape index (κ1) is 19.8. The van der Waals surface area contributed by atoms with Gasteiger partial charge < -0.3 is 10.1 Å². The minimum Gasteiger partial charge on any atom is -0.379 e. The van der Waals surface area contributed by atoms with Crippen molar-refractivity contribution in [3.05, 3.63) is 81.5 Å². The van der Waals surface area contributed by atoms with Gasteiger partial charge in [0, 0.05) is 31.7 Å². The zero-order chi connectivity index (χ0) is 20.1. The van der Waals surface area contributed by atoms with Crippen LogP contribution in [0.1, 0.15) is 26.4 Å². The molecule has 2 heterocycles. The first-order valence-corrected chi connectivity index (χ1v) is 10.9. The molecule has 1 aliphatic rings. The number of carbonyl (C=O) groups is 1. The van der Waals surface area contributed by atoms with Gasteiger partial charge in [0.05, 0.1) is 18.1 Å². The number of morpholine rings is 1. The van der Waals surface area contributed by atoms with Gasteiger partial charge in [-0.2, -0.15) is 0 Å². The van der Waals surface area contributed by atoms with Crippen molar-refractivity contribution in [2.24, 2.45) is 0 Å². The molecule has 4 nitrogen and oxygen atoms in total. The van der Waals surface area contributed by atoms with E-state index in [0.717, 1.165) is 48.9 Å². The van der Waals surface area contributed by atoms with Crippen molar-refractivity contribution in [1.82, 2.24) is 10.2 Å². The quantitative estimate of drug-likeness (QED) is 0.656. The van der Waals surface area contributed by atoms with E-state index in [1.54, 1.807) is 0 Å². The lowest BCUT2D eigenvalue weighted by molar-refractivity contribution is 0.0340. The summed E-state index contributed by atoms with van der Waals surface area (Å²) >= 11 is 1.49. The maximum Gasteiger partial charge on any atom is 0.262 e. The molecule has 1 amide bonds. The second kappa shape index (κ2) is 9.35. The average Bonchev–Trinajstić information content (AvgIpc) is 3.24. The fourth-order valence-corrected chi connectivity index (χ4v) is 4.42. The molecule has 29 heavy (non-hydrogen) atoms. The molecule has 1 saturated heterocycles. The molecular weight excluding hydrogens is 380 g/mol. The number of ether oxygens (including phenoxy) is 1. The van der Waals surface area contributed by atoms with Gasteiger partial charge in [-0.15, -0.1) is 11.3 Å². The highest BCUT2D eigenvalue weighted by atomic mass is 32.1. The first-order chi connectivity index (χ1) is 14.2. The van der Waals surface area contributed by atoms with Gasteiger partial charge in [-0.05, 0) is 35.1 Å². The zero-order valence-corrected chi connectivity index (χ0v) is 17.5. The van der Waals surface area contributed by atoms with E-state index in [9.17, 15) is 4.79 Å². The molecule has 0 bridgehead atoms. The fraction of sp³-hybridized carbons (Fsp3) is 0.292. The number of hydrogen-bond acceptors (Lipinski definition) is 4. The van der Waals surface area contributed by atoms with Crippen LogP contribution in [0.25, 0.3) is 11.1 Å². The molecule has 2 aromatic carbocycles. The molecule has 0 radical (unpaired) electrons. The predicted molar refractivity (Wildman–Crippen MR) is 118 cm³/mol. The highest BCUT2D eigenvalue weighted by Crippen LogP contribution is 2.28. The summed E-state index contributed by atoms with van der Waals surface area (Å²) in [4.78, 5) is 16.1. The van der Waals surface area contributed by atoms with Crippen LogP contribution in [0.4, 0.5) is 0 Å². The smallest absolute Gasteiger partial charge is 0.262 e. The number of carbonyl (C=O) groups excluding carboxylic acids is 1. The van der Waals surface area contributed by atoms with E-state index in [4.69, 9.17) is 4.74 Å². The molecule has 0 atom stereocenters. The molecule has 1 aliphatic heterocycles. The standard InChI is InChI=1S/C24H26N2O2S/c1-18-6-8-19(9-7-18)22-10-15-29-23(22)24(27)25-16-20-4-2-3-5-21(20)17-26-11-13-28-14-12-26/h2-10,15H,11-14,16-17H2,1H3,(H,25,27). The van der Waals surface area contributed by atoms with Crippen LogP contribution < -0.4 is 5.32 Å². The second-order valence-electron chi connectivity index (χ2n) is 7.37. The minimum absolute atomic E-state index is 0.0169. The van der Waals surface area contributed by atoms with Crippen molar-refractivity contribution >= 4 is 17.2 Å². The topological polar surface area (TPSA) is 41.6 Å². The number of thiophene rings is 1. The van der Waals surface area contributed by atoms with E-state index < -0.39 is 0 Å². The van der Waals surface area contributed by atoms with Gasteiger partial charge in [-0.3, -0.25) is 9.69 Å². The van der Waals surface area contributed by atoms with E-state index in [-0.39, 0.29) is 5.91 Å². The van der Waals surface area contributed by atoms with Gasteiger partial charge in [0.15, 0.2) is 0 Å². The molecule has 1 N–H and O–H groups in total. The van der Waals surface area contributed by atoms with Crippen molar-refractivity contribution in [2.45, 2.75) is 20.0 Å². The Bertz CT molecular complexity index is 959.